The SMILES string of the molecule is CC1(O)CCCN(Cc2cncn2C2CC2)C1. The van der Waals surface area contributed by atoms with Crippen molar-refractivity contribution in [1.82, 2.24) is 14.5 Å². The van der Waals surface area contributed by atoms with Gasteiger partial charge in [-0.25, -0.2) is 4.98 Å². The molecular formula is C13H21N3O. The second-order valence-corrected chi connectivity index (χ2v) is 5.83. The van der Waals surface area contributed by atoms with Gasteiger partial charge in [-0.3, -0.25) is 4.90 Å². The van der Waals surface area contributed by atoms with Crippen molar-refractivity contribution in [3.63, 3.8) is 0 Å². The van der Waals surface area contributed by atoms with Gasteiger partial charge in [-0.1, -0.05) is 0 Å². The summed E-state index contributed by atoms with van der Waals surface area (Å²) in [6.07, 6.45) is 8.52. The Hall–Kier alpha value is -0.870. The van der Waals surface area contributed by atoms with Gasteiger partial charge >= 0.3 is 0 Å². The number of imidazole rings is 1. The second kappa shape index (κ2) is 4.10. The monoisotopic (exact) mass is 235 g/mol. The lowest BCUT2D eigenvalue weighted by molar-refractivity contribution is -0.0187. The van der Waals surface area contributed by atoms with Crippen LogP contribution < -0.4 is 0 Å². The molecule has 1 aliphatic heterocycles. The molecule has 2 heterocycles. The summed E-state index contributed by atoms with van der Waals surface area (Å²) in [6.45, 7) is 4.73. The molecule has 0 bridgehead atoms. The van der Waals surface area contributed by atoms with Gasteiger partial charge in [0.05, 0.1) is 17.6 Å². The van der Waals surface area contributed by atoms with E-state index in [4.69, 9.17) is 0 Å². The van der Waals surface area contributed by atoms with Crippen molar-refractivity contribution in [3.8, 4) is 0 Å². The number of nitrogens with zero attached hydrogens (tertiary/aromatic N) is 3. The number of hydrogen-bond donors (Lipinski definition) is 1. The van der Waals surface area contributed by atoms with Crippen molar-refractivity contribution in [1.29, 1.82) is 0 Å². The van der Waals surface area contributed by atoms with Crippen molar-refractivity contribution < 1.29 is 5.11 Å². The molecule has 0 spiro atoms. The molecule has 1 N–H and O–H groups in total. The molecule has 1 aromatic rings. The van der Waals surface area contributed by atoms with Crippen molar-refractivity contribution >= 4 is 0 Å². The van der Waals surface area contributed by atoms with E-state index in [9.17, 15) is 5.11 Å². The molecule has 1 aromatic heterocycles. The van der Waals surface area contributed by atoms with Gasteiger partial charge in [0.1, 0.15) is 0 Å². The Labute approximate surface area is 102 Å². The van der Waals surface area contributed by atoms with E-state index in [1.54, 1.807) is 0 Å². The van der Waals surface area contributed by atoms with Crippen LogP contribution in [0.5, 0.6) is 0 Å². The van der Waals surface area contributed by atoms with Crippen LogP contribution in [-0.2, 0) is 6.54 Å². The fourth-order valence-corrected chi connectivity index (χ4v) is 2.82. The highest BCUT2D eigenvalue weighted by Gasteiger charge is 2.30. The lowest BCUT2D eigenvalue weighted by atomic mass is 9.95. The van der Waals surface area contributed by atoms with E-state index in [1.165, 1.54) is 18.5 Å². The van der Waals surface area contributed by atoms with Gasteiger partial charge in [0.25, 0.3) is 0 Å². The van der Waals surface area contributed by atoms with Gasteiger partial charge in [-0.05, 0) is 39.2 Å². The maximum atomic E-state index is 10.1. The van der Waals surface area contributed by atoms with Crippen LogP contribution in [0.4, 0.5) is 0 Å². The van der Waals surface area contributed by atoms with Gasteiger partial charge in [0.15, 0.2) is 0 Å². The van der Waals surface area contributed by atoms with E-state index in [-0.39, 0.29) is 0 Å². The van der Waals surface area contributed by atoms with Gasteiger partial charge in [0, 0.05) is 25.3 Å². The standard InChI is InChI=1S/C13H21N3O/c1-13(17)5-2-6-15(9-13)8-12-7-14-10-16(12)11-3-4-11/h7,10-11,17H,2-6,8-9H2,1H3. The maximum Gasteiger partial charge on any atom is 0.0951 e. The maximum absolute atomic E-state index is 10.1. The summed E-state index contributed by atoms with van der Waals surface area (Å²) < 4.78 is 2.31. The van der Waals surface area contributed by atoms with Crippen LogP contribution in [0.15, 0.2) is 12.5 Å². The highest BCUT2D eigenvalue weighted by atomic mass is 16.3. The Morgan fingerprint density at radius 2 is 2.35 bits per heavy atom. The Balaban J connectivity index is 1.67. The van der Waals surface area contributed by atoms with E-state index in [0.29, 0.717) is 6.04 Å². The molecule has 0 radical (unpaired) electrons. The zero-order chi connectivity index (χ0) is 11.9. The summed E-state index contributed by atoms with van der Waals surface area (Å²) in [5.74, 6) is 0. The largest absolute Gasteiger partial charge is 0.389 e. The summed E-state index contributed by atoms with van der Waals surface area (Å²) in [7, 11) is 0. The number of aliphatic hydroxyl groups is 1. The summed E-state index contributed by atoms with van der Waals surface area (Å²) in [4.78, 5) is 6.61. The van der Waals surface area contributed by atoms with Crippen molar-refractivity contribution in [2.75, 3.05) is 13.1 Å². The quantitative estimate of drug-likeness (QED) is 0.864. The average molecular weight is 235 g/mol. The van der Waals surface area contributed by atoms with Gasteiger partial charge in [0.2, 0.25) is 0 Å². The van der Waals surface area contributed by atoms with E-state index in [1.807, 2.05) is 19.4 Å². The normalized spacial score (nSPS) is 30.7. The molecule has 1 atom stereocenters. The molecular weight excluding hydrogens is 214 g/mol. The van der Waals surface area contributed by atoms with Gasteiger partial charge in [-0.15, -0.1) is 0 Å². The van der Waals surface area contributed by atoms with Crippen LogP contribution >= 0.6 is 0 Å². The van der Waals surface area contributed by atoms with Crippen LogP contribution in [0.3, 0.4) is 0 Å². The first-order valence-electron chi connectivity index (χ1n) is 6.59. The zero-order valence-corrected chi connectivity index (χ0v) is 10.5. The molecule has 2 fully saturated rings. The fraction of sp³-hybridized carbons (Fsp3) is 0.769. The Kier molecular flexibility index (Phi) is 2.71. The minimum Gasteiger partial charge on any atom is -0.389 e. The number of aromatic nitrogens is 2. The van der Waals surface area contributed by atoms with Gasteiger partial charge < -0.3 is 9.67 Å². The first-order valence-corrected chi connectivity index (χ1v) is 6.59. The topological polar surface area (TPSA) is 41.3 Å². The zero-order valence-electron chi connectivity index (χ0n) is 10.5. The predicted molar refractivity (Wildman–Crippen MR) is 65.6 cm³/mol. The molecule has 94 valence electrons. The summed E-state index contributed by atoms with van der Waals surface area (Å²) in [6, 6.07) is 0.692. The van der Waals surface area contributed by atoms with Crippen LogP contribution in [0, 0.1) is 0 Å². The number of piperidine rings is 1. The van der Waals surface area contributed by atoms with Crippen LogP contribution in [0.1, 0.15) is 44.3 Å². The van der Waals surface area contributed by atoms with Crippen LogP contribution in [0.25, 0.3) is 0 Å². The van der Waals surface area contributed by atoms with E-state index in [0.717, 1.165) is 32.5 Å². The molecule has 2 aliphatic rings. The van der Waals surface area contributed by atoms with E-state index >= 15 is 0 Å². The molecule has 4 nitrogen and oxygen atoms in total. The Bertz CT molecular complexity index is 395. The number of rotatable bonds is 3. The summed E-state index contributed by atoms with van der Waals surface area (Å²) >= 11 is 0. The average Bonchev–Trinajstić information content (AvgIpc) is 2.99. The third-order valence-electron chi connectivity index (χ3n) is 3.83. The molecule has 1 aliphatic carbocycles. The minimum absolute atomic E-state index is 0.511. The predicted octanol–water partition coefficient (Wildman–Crippen LogP) is 1.56. The minimum atomic E-state index is -0.511. The molecule has 17 heavy (non-hydrogen) atoms. The Morgan fingerprint density at radius 3 is 3.06 bits per heavy atom. The molecule has 0 amide bonds. The number of hydrogen-bond acceptors (Lipinski definition) is 3. The molecule has 4 heteroatoms. The molecule has 1 saturated carbocycles. The molecule has 0 aromatic carbocycles. The van der Waals surface area contributed by atoms with E-state index in [2.05, 4.69) is 14.5 Å². The summed E-state index contributed by atoms with van der Waals surface area (Å²) in [5, 5.41) is 10.1. The Morgan fingerprint density at radius 1 is 1.53 bits per heavy atom. The third-order valence-corrected chi connectivity index (χ3v) is 3.83. The lowest BCUT2D eigenvalue weighted by Crippen LogP contribution is -2.45. The fourth-order valence-electron chi connectivity index (χ4n) is 2.82. The van der Waals surface area contributed by atoms with E-state index < -0.39 is 5.60 Å². The molecule has 1 saturated heterocycles. The smallest absolute Gasteiger partial charge is 0.0951 e. The summed E-state index contributed by atoms with van der Waals surface area (Å²) in [5.41, 5.74) is 0.785. The van der Waals surface area contributed by atoms with Crippen LogP contribution in [-0.4, -0.2) is 38.2 Å². The second-order valence-electron chi connectivity index (χ2n) is 5.83. The lowest BCUT2D eigenvalue weighted by Gasteiger charge is -2.36. The van der Waals surface area contributed by atoms with Crippen molar-refractivity contribution in [3.05, 3.63) is 18.2 Å². The molecule has 3 rings (SSSR count). The van der Waals surface area contributed by atoms with Crippen LogP contribution in [0.2, 0.25) is 0 Å². The molecule has 1 unspecified atom stereocenters. The van der Waals surface area contributed by atoms with Crippen molar-refractivity contribution in [2.45, 2.75) is 50.8 Å². The highest BCUT2D eigenvalue weighted by molar-refractivity contribution is 5.04. The van der Waals surface area contributed by atoms with Gasteiger partial charge in [-0.2, -0.15) is 0 Å². The third kappa shape index (κ3) is 2.53. The number of β-amino-alcohol motifs (C(OH)–C–C–N with tert-alkyl or cyclic N) is 1. The first kappa shape index (κ1) is 11.2. The highest BCUT2D eigenvalue weighted by Crippen LogP contribution is 2.36. The first-order chi connectivity index (χ1) is 8.14. The number of likely N-dealkylation sites (tertiary alicyclic amines) is 1. The van der Waals surface area contributed by atoms with Crippen molar-refractivity contribution in [2.24, 2.45) is 0 Å².